The van der Waals surface area contributed by atoms with E-state index < -0.39 is 0 Å². The van der Waals surface area contributed by atoms with Crippen molar-refractivity contribution in [1.82, 2.24) is 14.7 Å². The van der Waals surface area contributed by atoms with E-state index in [1.165, 1.54) is 0 Å². The molecule has 7 nitrogen and oxygen atoms in total. The fourth-order valence-electron chi connectivity index (χ4n) is 3.68. The normalized spacial score (nSPS) is 11.2. The molecule has 1 heterocycles. The van der Waals surface area contributed by atoms with E-state index in [1.807, 2.05) is 67.6 Å². The highest BCUT2D eigenvalue weighted by Crippen LogP contribution is 2.26. The van der Waals surface area contributed by atoms with Gasteiger partial charge in [-0.15, -0.1) is 0 Å². The van der Waals surface area contributed by atoms with E-state index in [4.69, 9.17) is 5.10 Å². The van der Waals surface area contributed by atoms with E-state index in [1.54, 1.807) is 9.58 Å². The molecule has 2 aromatic carbocycles. The van der Waals surface area contributed by atoms with Gasteiger partial charge in [0.15, 0.2) is 0 Å². The second kappa shape index (κ2) is 11.7. The third-order valence-corrected chi connectivity index (χ3v) is 5.67. The van der Waals surface area contributed by atoms with Gasteiger partial charge < -0.3 is 15.5 Å². The summed E-state index contributed by atoms with van der Waals surface area (Å²) in [5.74, 6) is 0.321. The van der Waals surface area contributed by atoms with Crippen molar-refractivity contribution < 1.29 is 9.59 Å². The van der Waals surface area contributed by atoms with E-state index in [0.717, 1.165) is 36.2 Å². The van der Waals surface area contributed by atoms with Crippen LogP contribution in [-0.2, 0) is 10.2 Å². The Bertz CT molecular complexity index is 1130. The number of carbonyl (C=O) groups is 2. The van der Waals surface area contributed by atoms with Crippen LogP contribution in [-0.4, -0.2) is 39.7 Å². The summed E-state index contributed by atoms with van der Waals surface area (Å²) in [7, 11) is 0. The minimum Gasteiger partial charge on any atom is -0.315 e. The third kappa shape index (κ3) is 7.44. The number of nitrogens with zero attached hydrogens (tertiary/aromatic N) is 3. The molecule has 2 N–H and O–H groups in total. The molecular formula is C28H37N5O2. The number of urea groups is 1. The number of benzene rings is 2. The average Bonchev–Trinajstić information content (AvgIpc) is 3.23. The molecule has 0 aliphatic rings. The first kappa shape index (κ1) is 26.0. The maximum atomic E-state index is 13.1. The van der Waals surface area contributed by atoms with Crippen LogP contribution in [0.1, 0.15) is 58.2 Å². The zero-order valence-corrected chi connectivity index (χ0v) is 21.5. The first-order valence-corrected chi connectivity index (χ1v) is 12.3. The van der Waals surface area contributed by atoms with Crippen molar-refractivity contribution in [2.24, 2.45) is 0 Å². The van der Waals surface area contributed by atoms with Gasteiger partial charge in [-0.05, 0) is 43.2 Å². The van der Waals surface area contributed by atoms with Crippen LogP contribution in [0.15, 0.2) is 60.7 Å². The van der Waals surface area contributed by atoms with Crippen LogP contribution in [0.3, 0.4) is 0 Å². The molecule has 0 aliphatic carbocycles. The lowest BCUT2D eigenvalue weighted by atomic mass is 9.92. The maximum Gasteiger partial charge on any atom is 0.322 e. The Kier molecular flexibility index (Phi) is 8.68. The zero-order valence-electron chi connectivity index (χ0n) is 21.5. The standard InChI is InChI=1S/C28H37N5O2/c1-6-7-11-17-32(27(35)29-22-14-9-8-10-15-22)20-26(34)30-25-19-24(28(3,4)5)31-33(25)23-16-12-13-21(2)18-23/h8-10,12-16,18-19H,6-7,11,17,20H2,1-5H3,(H,29,35)(H,30,34). The Balaban J connectivity index is 1.80. The lowest BCUT2D eigenvalue weighted by Gasteiger charge is -2.23. The molecule has 0 unspecified atom stereocenters. The quantitative estimate of drug-likeness (QED) is 0.365. The Morgan fingerprint density at radius 1 is 0.971 bits per heavy atom. The summed E-state index contributed by atoms with van der Waals surface area (Å²) >= 11 is 0. The second-order valence-electron chi connectivity index (χ2n) is 9.89. The fraction of sp³-hybridized carbons (Fsp3) is 0.393. The van der Waals surface area contributed by atoms with Gasteiger partial charge in [0.05, 0.1) is 11.4 Å². The number of hydrogen-bond donors (Lipinski definition) is 2. The summed E-state index contributed by atoms with van der Waals surface area (Å²) in [5.41, 5.74) is 3.36. The molecule has 0 radical (unpaired) electrons. The highest BCUT2D eigenvalue weighted by atomic mass is 16.2. The van der Waals surface area contributed by atoms with E-state index in [2.05, 4.69) is 38.3 Å². The van der Waals surface area contributed by atoms with Crippen LogP contribution < -0.4 is 10.6 Å². The molecule has 0 saturated carbocycles. The number of nitrogens with one attached hydrogen (secondary N) is 2. The largest absolute Gasteiger partial charge is 0.322 e. The van der Waals surface area contributed by atoms with Gasteiger partial charge in [-0.3, -0.25) is 4.79 Å². The first-order chi connectivity index (χ1) is 16.7. The minimum atomic E-state index is -0.287. The van der Waals surface area contributed by atoms with Crippen LogP contribution in [0.2, 0.25) is 0 Å². The predicted molar refractivity (Wildman–Crippen MR) is 142 cm³/mol. The molecule has 0 atom stereocenters. The van der Waals surface area contributed by atoms with Crippen molar-refractivity contribution in [3.63, 3.8) is 0 Å². The van der Waals surface area contributed by atoms with Crippen LogP contribution in [0, 0.1) is 6.92 Å². The number of aromatic nitrogens is 2. The average molecular weight is 476 g/mol. The van der Waals surface area contributed by atoms with Gasteiger partial charge in [0.1, 0.15) is 12.4 Å². The number of rotatable bonds is 9. The summed E-state index contributed by atoms with van der Waals surface area (Å²) in [6.07, 6.45) is 2.86. The topological polar surface area (TPSA) is 79.3 Å². The van der Waals surface area contributed by atoms with Crippen LogP contribution in [0.4, 0.5) is 16.3 Å². The molecule has 0 fully saturated rings. The maximum absolute atomic E-state index is 13.1. The van der Waals surface area contributed by atoms with Gasteiger partial charge in [-0.2, -0.15) is 5.10 Å². The number of para-hydroxylation sites is 1. The van der Waals surface area contributed by atoms with Gasteiger partial charge in [0.2, 0.25) is 5.91 Å². The SMILES string of the molecule is CCCCCN(CC(=O)Nc1cc(C(C)(C)C)nn1-c1cccc(C)c1)C(=O)Nc1ccccc1. The lowest BCUT2D eigenvalue weighted by molar-refractivity contribution is -0.116. The second-order valence-corrected chi connectivity index (χ2v) is 9.89. The molecule has 186 valence electrons. The number of aryl methyl sites for hydroxylation is 1. The molecule has 0 bridgehead atoms. The molecule has 0 aliphatic heterocycles. The molecule has 7 heteroatoms. The summed E-state index contributed by atoms with van der Waals surface area (Å²) in [5, 5.41) is 10.7. The van der Waals surface area contributed by atoms with Crippen molar-refractivity contribution >= 4 is 23.4 Å². The van der Waals surface area contributed by atoms with Crippen molar-refractivity contribution in [3.8, 4) is 5.69 Å². The summed E-state index contributed by atoms with van der Waals surface area (Å²) < 4.78 is 1.76. The fourth-order valence-corrected chi connectivity index (χ4v) is 3.68. The van der Waals surface area contributed by atoms with Crippen molar-refractivity contribution in [3.05, 3.63) is 71.9 Å². The van der Waals surface area contributed by atoms with E-state index in [0.29, 0.717) is 18.1 Å². The predicted octanol–water partition coefficient (Wildman–Crippen LogP) is 6.14. The Morgan fingerprint density at radius 3 is 2.37 bits per heavy atom. The molecule has 1 aromatic heterocycles. The number of carbonyl (C=O) groups excluding carboxylic acids is 2. The van der Waals surface area contributed by atoms with Gasteiger partial charge in [0.25, 0.3) is 0 Å². The lowest BCUT2D eigenvalue weighted by Crippen LogP contribution is -2.41. The number of amides is 3. The minimum absolute atomic E-state index is 0.0494. The summed E-state index contributed by atoms with van der Waals surface area (Å²) in [6.45, 7) is 10.9. The first-order valence-electron chi connectivity index (χ1n) is 12.3. The monoisotopic (exact) mass is 475 g/mol. The van der Waals surface area contributed by atoms with Gasteiger partial charge in [-0.1, -0.05) is 70.9 Å². The number of hydrogen-bond acceptors (Lipinski definition) is 3. The highest BCUT2D eigenvalue weighted by molar-refractivity contribution is 5.96. The Hall–Kier alpha value is -3.61. The van der Waals surface area contributed by atoms with Crippen molar-refractivity contribution in [1.29, 1.82) is 0 Å². The Labute approximate surface area is 208 Å². The van der Waals surface area contributed by atoms with Crippen LogP contribution in [0.25, 0.3) is 5.69 Å². The molecule has 3 amide bonds. The third-order valence-electron chi connectivity index (χ3n) is 5.67. The van der Waals surface area contributed by atoms with Gasteiger partial charge >= 0.3 is 6.03 Å². The smallest absolute Gasteiger partial charge is 0.315 e. The molecule has 3 aromatic rings. The van der Waals surface area contributed by atoms with Gasteiger partial charge in [-0.25, -0.2) is 9.48 Å². The molecular weight excluding hydrogens is 438 g/mol. The van der Waals surface area contributed by atoms with E-state index in [-0.39, 0.29) is 23.9 Å². The van der Waals surface area contributed by atoms with E-state index >= 15 is 0 Å². The molecule has 0 spiro atoms. The van der Waals surface area contributed by atoms with Crippen LogP contribution >= 0.6 is 0 Å². The van der Waals surface area contributed by atoms with Crippen molar-refractivity contribution in [2.45, 2.75) is 59.3 Å². The molecule has 35 heavy (non-hydrogen) atoms. The van der Waals surface area contributed by atoms with Crippen molar-refractivity contribution in [2.75, 3.05) is 23.7 Å². The molecule has 3 rings (SSSR count). The number of anilines is 2. The van der Waals surface area contributed by atoms with Crippen LogP contribution in [0.5, 0.6) is 0 Å². The van der Waals surface area contributed by atoms with E-state index in [9.17, 15) is 9.59 Å². The summed E-state index contributed by atoms with van der Waals surface area (Å²) in [6, 6.07) is 18.9. The van der Waals surface area contributed by atoms with Gasteiger partial charge in [0, 0.05) is 23.7 Å². The zero-order chi connectivity index (χ0) is 25.4. The molecule has 0 saturated heterocycles. The Morgan fingerprint density at radius 2 is 1.71 bits per heavy atom. The summed E-state index contributed by atoms with van der Waals surface area (Å²) in [4.78, 5) is 27.7. The number of unbranched alkanes of at least 4 members (excludes halogenated alkanes) is 2. The highest BCUT2D eigenvalue weighted by Gasteiger charge is 2.23.